The molecular weight excluding hydrogens is 601 g/mol. The maximum absolute atomic E-state index is 6.60. The van der Waals surface area contributed by atoms with Crippen molar-refractivity contribution in [2.24, 2.45) is 0 Å². The van der Waals surface area contributed by atoms with Crippen LogP contribution in [0.3, 0.4) is 0 Å². The maximum Gasteiger partial charge on any atom is 0.165 e. The van der Waals surface area contributed by atoms with Crippen LogP contribution < -0.4 is 0 Å². The average Bonchev–Trinajstić information content (AvgIpc) is 3.88. The van der Waals surface area contributed by atoms with Crippen molar-refractivity contribution in [3.8, 4) is 16.8 Å². The Kier molecular flexibility index (Phi) is 4.66. The molecule has 0 atom stereocenters. The first-order valence-corrected chi connectivity index (χ1v) is 16.6. The van der Waals surface area contributed by atoms with E-state index >= 15 is 0 Å². The minimum Gasteiger partial charge on any atom is -0.455 e. The number of nitrogens with zero attached hydrogens (tertiary/aromatic N) is 4. The molecular formula is C44H24N4O. The fraction of sp³-hybridized carbons (Fsp3) is 0. The number of furan rings is 1. The Hall–Kier alpha value is -6.72. The van der Waals surface area contributed by atoms with Gasteiger partial charge in [0.05, 0.1) is 38.5 Å². The second kappa shape index (κ2) is 9.00. The zero-order valence-electron chi connectivity index (χ0n) is 26.1. The van der Waals surface area contributed by atoms with Gasteiger partial charge in [0.25, 0.3) is 0 Å². The number of rotatable bonds is 2. The van der Waals surface area contributed by atoms with Gasteiger partial charge < -0.3 is 8.98 Å². The van der Waals surface area contributed by atoms with Crippen molar-refractivity contribution in [2.45, 2.75) is 0 Å². The van der Waals surface area contributed by atoms with E-state index in [2.05, 4.69) is 118 Å². The molecule has 0 aliphatic rings. The molecule has 0 amide bonds. The van der Waals surface area contributed by atoms with Crippen LogP contribution in [0.25, 0.3) is 110 Å². The molecule has 0 aliphatic heterocycles. The van der Waals surface area contributed by atoms with Gasteiger partial charge in [0, 0.05) is 38.0 Å². The van der Waals surface area contributed by atoms with Crippen molar-refractivity contribution in [2.75, 3.05) is 0 Å². The molecule has 0 N–H and O–H groups in total. The third-order valence-electron chi connectivity index (χ3n) is 10.4. The van der Waals surface area contributed by atoms with Gasteiger partial charge in [-0.3, -0.25) is 4.40 Å². The van der Waals surface area contributed by atoms with Gasteiger partial charge in [-0.1, -0.05) is 84.9 Å². The molecule has 0 unspecified atom stereocenters. The summed E-state index contributed by atoms with van der Waals surface area (Å²) < 4.78 is 11.3. The number of hydrogen-bond donors (Lipinski definition) is 0. The molecule has 226 valence electrons. The summed E-state index contributed by atoms with van der Waals surface area (Å²) in [5, 5.41) is 8.08. The van der Waals surface area contributed by atoms with Crippen molar-refractivity contribution in [3.63, 3.8) is 0 Å². The average molecular weight is 625 g/mol. The Bertz CT molecular complexity index is 3330. The highest BCUT2D eigenvalue weighted by atomic mass is 16.3. The molecule has 12 rings (SSSR count). The smallest absolute Gasteiger partial charge is 0.165 e. The minimum absolute atomic E-state index is 0.850. The molecule has 0 saturated carbocycles. The summed E-state index contributed by atoms with van der Waals surface area (Å²) in [6.07, 6.45) is 0. The Labute approximate surface area is 278 Å². The second-order valence-electron chi connectivity index (χ2n) is 13.0. The number of hydrogen-bond acceptors (Lipinski definition) is 3. The van der Waals surface area contributed by atoms with Crippen LogP contribution in [-0.2, 0) is 0 Å². The molecule has 0 fully saturated rings. The van der Waals surface area contributed by atoms with E-state index in [0.29, 0.717) is 0 Å². The van der Waals surface area contributed by atoms with Gasteiger partial charge in [0.1, 0.15) is 16.7 Å². The standard InChI is InChI=1S/C44H24N4O/c1-2-10-27(11-3-1)47-36-16-8-4-12-28(36)29-20-18-26(23-38(29)47)25-19-21-37-31(22-25)32-24-33-30-13-5-9-17-39(30)49-43(33)40-41-44(48(37)42(32)40)46-35-15-7-6-14-34(35)45-41/h1-24H. The Balaban J connectivity index is 1.19. The SMILES string of the molecule is c1ccc(-n2c3ccccc3c3ccc(-c4ccc5c(c4)c4cc6c7ccccc7oc6c6c7nc8ccccc8nc7n5c46)cc32)cc1. The number of fused-ring (bicyclic) bond motifs is 14. The summed E-state index contributed by atoms with van der Waals surface area (Å²) in [6, 6.07) is 51.7. The van der Waals surface area contributed by atoms with E-state index in [4.69, 9.17) is 14.4 Å². The summed E-state index contributed by atoms with van der Waals surface area (Å²) in [5.74, 6) is 0. The van der Waals surface area contributed by atoms with Crippen LogP contribution in [0.5, 0.6) is 0 Å². The molecule has 7 aromatic carbocycles. The Morgan fingerprint density at radius 3 is 2.08 bits per heavy atom. The fourth-order valence-corrected chi connectivity index (χ4v) is 8.29. The lowest BCUT2D eigenvalue weighted by Gasteiger charge is -2.09. The molecule has 0 spiro atoms. The van der Waals surface area contributed by atoms with E-state index in [1.54, 1.807) is 0 Å². The molecule has 5 aromatic heterocycles. The van der Waals surface area contributed by atoms with E-state index < -0.39 is 0 Å². The van der Waals surface area contributed by atoms with Gasteiger partial charge in [-0.2, -0.15) is 0 Å². The highest BCUT2D eigenvalue weighted by Crippen LogP contribution is 2.46. The van der Waals surface area contributed by atoms with Crippen molar-refractivity contribution >= 4 is 93.1 Å². The van der Waals surface area contributed by atoms with Crippen LogP contribution in [0.1, 0.15) is 0 Å². The molecule has 5 heteroatoms. The third kappa shape index (κ3) is 3.24. The van der Waals surface area contributed by atoms with E-state index in [-0.39, 0.29) is 0 Å². The van der Waals surface area contributed by atoms with Crippen molar-refractivity contribution in [1.29, 1.82) is 0 Å². The van der Waals surface area contributed by atoms with Gasteiger partial charge in [-0.15, -0.1) is 0 Å². The van der Waals surface area contributed by atoms with Crippen molar-refractivity contribution in [3.05, 3.63) is 146 Å². The van der Waals surface area contributed by atoms with Gasteiger partial charge >= 0.3 is 0 Å². The third-order valence-corrected chi connectivity index (χ3v) is 10.4. The maximum atomic E-state index is 6.60. The number of aromatic nitrogens is 4. The molecule has 0 radical (unpaired) electrons. The van der Waals surface area contributed by atoms with Crippen LogP contribution >= 0.6 is 0 Å². The second-order valence-corrected chi connectivity index (χ2v) is 13.0. The summed E-state index contributed by atoms with van der Waals surface area (Å²) >= 11 is 0. The Morgan fingerprint density at radius 2 is 1.18 bits per heavy atom. The van der Waals surface area contributed by atoms with E-state index in [1.165, 1.54) is 43.7 Å². The van der Waals surface area contributed by atoms with E-state index in [9.17, 15) is 0 Å². The van der Waals surface area contributed by atoms with E-state index in [1.807, 2.05) is 36.4 Å². The first-order valence-electron chi connectivity index (χ1n) is 16.6. The molecule has 5 heterocycles. The Morgan fingerprint density at radius 1 is 0.469 bits per heavy atom. The molecule has 5 nitrogen and oxygen atoms in total. The predicted octanol–water partition coefficient (Wildman–Crippen LogP) is 11.4. The van der Waals surface area contributed by atoms with Gasteiger partial charge in [0.15, 0.2) is 5.65 Å². The zero-order valence-corrected chi connectivity index (χ0v) is 26.1. The topological polar surface area (TPSA) is 48.3 Å². The molecule has 49 heavy (non-hydrogen) atoms. The lowest BCUT2D eigenvalue weighted by molar-refractivity contribution is 0.673. The normalized spacial score (nSPS) is 12.5. The first-order chi connectivity index (χ1) is 24.3. The minimum atomic E-state index is 0.850. The van der Waals surface area contributed by atoms with Crippen LogP contribution in [0.4, 0.5) is 0 Å². The zero-order chi connectivity index (χ0) is 31.8. The lowest BCUT2D eigenvalue weighted by atomic mass is 10.00. The highest BCUT2D eigenvalue weighted by Gasteiger charge is 2.25. The van der Waals surface area contributed by atoms with Crippen LogP contribution in [-0.4, -0.2) is 18.9 Å². The molecule has 0 saturated heterocycles. The monoisotopic (exact) mass is 624 g/mol. The molecule has 0 bridgehead atoms. The highest BCUT2D eigenvalue weighted by molar-refractivity contribution is 6.32. The number of para-hydroxylation sites is 5. The van der Waals surface area contributed by atoms with Gasteiger partial charge in [-0.25, -0.2) is 9.97 Å². The fourth-order valence-electron chi connectivity index (χ4n) is 8.29. The van der Waals surface area contributed by atoms with E-state index in [0.717, 1.165) is 66.2 Å². The summed E-state index contributed by atoms with van der Waals surface area (Å²) in [4.78, 5) is 10.4. The summed E-state index contributed by atoms with van der Waals surface area (Å²) in [6.45, 7) is 0. The molecule has 0 aliphatic carbocycles. The summed E-state index contributed by atoms with van der Waals surface area (Å²) in [5.41, 5.74) is 13.3. The molecule has 12 aromatic rings. The van der Waals surface area contributed by atoms with Crippen LogP contribution in [0.15, 0.2) is 150 Å². The van der Waals surface area contributed by atoms with Gasteiger partial charge in [-0.05, 0) is 71.8 Å². The van der Waals surface area contributed by atoms with Crippen molar-refractivity contribution in [1.82, 2.24) is 18.9 Å². The largest absolute Gasteiger partial charge is 0.455 e. The van der Waals surface area contributed by atoms with Crippen molar-refractivity contribution < 1.29 is 4.42 Å². The van der Waals surface area contributed by atoms with Crippen LogP contribution in [0, 0.1) is 0 Å². The van der Waals surface area contributed by atoms with Crippen LogP contribution in [0.2, 0.25) is 0 Å². The lowest BCUT2D eigenvalue weighted by Crippen LogP contribution is -1.93. The van der Waals surface area contributed by atoms with Gasteiger partial charge in [0.2, 0.25) is 0 Å². The first kappa shape index (κ1) is 25.4. The summed E-state index contributed by atoms with van der Waals surface area (Å²) in [7, 11) is 0. The predicted molar refractivity (Wildman–Crippen MR) is 201 cm³/mol. The quantitative estimate of drug-likeness (QED) is 0.192. The number of benzene rings is 7.